The molecule has 0 spiro atoms. The fourth-order valence-electron chi connectivity index (χ4n) is 3.45. The highest BCUT2D eigenvalue weighted by molar-refractivity contribution is 6.41. The molecule has 0 aliphatic carbocycles. The molecule has 4 nitrogen and oxygen atoms in total. The van der Waals surface area contributed by atoms with Crippen molar-refractivity contribution in [1.82, 2.24) is 9.55 Å². The van der Waals surface area contributed by atoms with Gasteiger partial charge in [-0.2, -0.15) is 0 Å². The maximum Gasteiger partial charge on any atom is 0.260 e. The molecule has 0 amide bonds. The molecule has 0 atom stereocenters. The normalized spacial score (nSPS) is 14.0. The third-order valence-corrected chi connectivity index (χ3v) is 5.02. The molecule has 0 unspecified atom stereocenters. The first kappa shape index (κ1) is 23.3. The zero-order valence-corrected chi connectivity index (χ0v) is 19.6. The first-order chi connectivity index (χ1) is 14.5. The van der Waals surface area contributed by atoms with E-state index in [0.29, 0.717) is 0 Å². The molecule has 0 saturated heterocycles. The Hall–Kier alpha value is -3.01. The molecule has 4 heteroatoms. The van der Waals surface area contributed by atoms with Gasteiger partial charge in [-0.15, -0.1) is 0 Å². The number of imidazole rings is 1. The van der Waals surface area contributed by atoms with Crippen LogP contribution in [0, 0.1) is 13.8 Å². The summed E-state index contributed by atoms with van der Waals surface area (Å²) in [5.41, 5.74) is 6.08. The van der Waals surface area contributed by atoms with Gasteiger partial charge in [-0.05, 0) is 27.7 Å². The molecular weight excluding hydrogens is 368 g/mol. The lowest BCUT2D eigenvalue weighted by Gasteiger charge is -2.29. The summed E-state index contributed by atoms with van der Waals surface area (Å²) in [5.74, 6) is 0.0471. The van der Waals surface area contributed by atoms with E-state index in [-0.39, 0.29) is 0 Å². The zero-order valence-electron chi connectivity index (χ0n) is 19.6. The van der Waals surface area contributed by atoms with Gasteiger partial charge in [-0.3, -0.25) is 4.57 Å². The van der Waals surface area contributed by atoms with Crippen molar-refractivity contribution in [3.63, 3.8) is 0 Å². The summed E-state index contributed by atoms with van der Waals surface area (Å²) in [4.78, 5) is 14.9. The average Bonchev–Trinajstić information content (AvgIpc) is 3.28. The van der Waals surface area contributed by atoms with E-state index in [1.807, 2.05) is 84.9 Å². The molecule has 2 aromatic carbocycles. The molecule has 2 heterocycles. The first-order valence-electron chi connectivity index (χ1n) is 10.8. The lowest BCUT2D eigenvalue weighted by molar-refractivity contribution is 0.396. The van der Waals surface area contributed by atoms with Crippen LogP contribution in [0.5, 0.6) is 0 Å². The summed E-state index contributed by atoms with van der Waals surface area (Å²) in [6.45, 7) is 16.2. The van der Waals surface area contributed by atoms with Gasteiger partial charge in [-0.25, -0.2) is 15.0 Å². The van der Waals surface area contributed by atoms with Crippen LogP contribution in [0.15, 0.2) is 70.6 Å². The highest BCUT2D eigenvalue weighted by Crippen LogP contribution is 2.39. The van der Waals surface area contributed by atoms with E-state index in [0.717, 1.165) is 39.8 Å². The molecule has 0 fully saturated rings. The summed E-state index contributed by atoms with van der Waals surface area (Å²) < 4.78 is 2.17. The van der Waals surface area contributed by atoms with Crippen LogP contribution in [0.4, 0.5) is 0 Å². The van der Waals surface area contributed by atoms with E-state index in [4.69, 9.17) is 15.0 Å². The molecule has 3 aromatic rings. The van der Waals surface area contributed by atoms with E-state index in [1.165, 1.54) is 0 Å². The second-order valence-corrected chi connectivity index (χ2v) is 6.70. The van der Waals surface area contributed by atoms with Crippen molar-refractivity contribution in [1.29, 1.82) is 0 Å². The fourth-order valence-corrected chi connectivity index (χ4v) is 3.45. The number of nitrogens with zero attached hydrogens (tertiary/aromatic N) is 4. The topological polar surface area (TPSA) is 42.5 Å². The molecule has 0 radical (unpaired) electrons. The molecule has 1 aliphatic rings. The standard InChI is InChI=1S/C22H22N4.2C2H6/c1-15-16(2)25-22(24-15,20-13-9-6-10-14-20)26-18(4)17(3)23-21(26)19-11-7-5-8-12-19;2*1-2/h5-14H,1-4H3;2*1-2H3. The van der Waals surface area contributed by atoms with E-state index < -0.39 is 5.79 Å². The minimum atomic E-state index is -0.841. The van der Waals surface area contributed by atoms with Crippen LogP contribution in [0.3, 0.4) is 0 Å². The zero-order chi connectivity index (χ0) is 22.3. The number of aromatic nitrogens is 2. The Balaban J connectivity index is 0.000000757. The van der Waals surface area contributed by atoms with Crippen LogP contribution in [-0.4, -0.2) is 21.0 Å². The lowest BCUT2D eigenvalue weighted by Crippen LogP contribution is -2.31. The molecule has 0 N–H and O–H groups in total. The minimum absolute atomic E-state index is 0.841. The van der Waals surface area contributed by atoms with Crippen molar-refractivity contribution in [2.24, 2.45) is 9.98 Å². The number of benzene rings is 2. The van der Waals surface area contributed by atoms with Gasteiger partial charge in [0.25, 0.3) is 5.79 Å². The SMILES string of the molecule is CC.CC.CC1=NC(c2ccccc2)(n2c(-c3ccccc3)nc(C)c2C)N=C1C. The summed E-state index contributed by atoms with van der Waals surface area (Å²) in [6, 6.07) is 20.5. The Morgan fingerprint density at radius 3 is 1.63 bits per heavy atom. The van der Waals surface area contributed by atoms with Crippen LogP contribution < -0.4 is 0 Å². The van der Waals surface area contributed by atoms with Crippen molar-refractivity contribution in [3.8, 4) is 11.4 Å². The van der Waals surface area contributed by atoms with Crippen LogP contribution >= 0.6 is 0 Å². The van der Waals surface area contributed by atoms with Gasteiger partial charge in [0.15, 0.2) is 0 Å². The number of rotatable bonds is 3. The third kappa shape index (κ3) is 4.13. The van der Waals surface area contributed by atoms with Crippen molar-refractivity contribution in [2.45, 2.75) is 61.2 Å². The fraction of sp³-hybridized carbons (Fsp3) is 0.346. The van der Waals surface area contributed by atoms with E-state index >= 15 is 0 Å². The second kappa shape index (κ2) is 10.1. The van der Waals surface area contributed by atoms with E-state index in [2.05, 4.69) is 35.8 Å². The number of hydrogen-bond acceptors (Lipinski definition) is 3. The number of aliphatic imine (C=N–C) groups is 2. The summed E-state index contributed by atoms with van der Waals surface area (Å²) in [5, 5.41) is 0. The highest BCUT2D eigenvalue weighted by Gasteiger charge is 2.41. The molecule has 30 heavy (non-hydrogen) atoms. The van der Waals surface area contributed by atoms with Crippen LogP contribution in [-0.2, 0) is 5.79 Å². The minimum Gasteiger partial charge on any atom is -0.280 e. The molecule has 4 rings (SSSR count). The van der Waals surface area contributed by atoms with Gasteiger partial charge >= 0.3 is 0 Å². The van der Waals surface area contributed by atoms with Gasteiger partial charge in [0.1, 0.15) is 5.82 Å². The summed E-state index contributed by atoms with van der Waals surface area (Å²) in [7, 11) is 0. The molecular formula is C26H34N4. The van der Waals surface area contributed by atoms with Gasteiger partial charge in [0.2, 0.25) is 0 Å². The van der Waals surface area contributed by atoms with Crippen molar-refractivity contribution in [2.75, 3.05) is 0 Å². The lowest BCUT2D eigenvalue weighted by atomic mass is 10.1. The highest BCUT2D eigenvalue weighted by atomic mass is 15.4. The number of hydrogen-bond donors (Lipinski definition) is 0. The van der Waals surface area contributed by atoms with Gasteiger partial charge in [0.05, 0.1) is 17.1 Å². The van der Waals surface area contributed by atoms with E-state index in [1.54, 1.807) is 0 Å². The Bertz CT molecular complexity index is 994. The maximum absolute atomic E-state index is 5.04. The van der Waals surface area contributed by atoms with Crippen molar-refractivity contribution in [3.05, 3.63) is 77.6 Å². The van der Waals surface area contributed by atoms with E-state index in [9.17, 15) is 0 Å². The quantitative estimate of drug-likeness (QED) is 0.474. The van der Waals surface area contributed by atoms with Crippen LogP contribution in [0.1, 0.15) is 58.5 Å². The second-order valence-electron chi connectivity index (χ2n) is 6.70. The molecule has 158 valence electrons. The van der Waals surface area contributed by atoms with Gasteiger partial charge in [-0.1, -0.05) is 88.4 Å². The Morgan fingerprint density at radius 2 is 1.13 bits per heavy atom. The predicted molar refractivity (Wildman–Crippen MR) is 130 cm³/mol. The van der Waals surface area contributed by atoms with Crippen molar-refractivity contribution >= 4 is 11.4 Å². The summed E-state index contributed by atoms with van der Waals surface area (Å²) >= 11 is 0. The molecule has 0 bridgehead atoms. The number of aryl methyl sites for hydroxylation is 1. The van der Waals surface area contributed by atoms with Gasteiger partial charge in [0, 0.05) is 16.8 Å². The first-order valence-corrected chi connectivity index (χ1v) is 10.8. The Kier molecular flexibility index (Phi) is 7.87. The molecule has 0 saturated carbocycles. The average molecular weight is 403 g/mol. The monoisotopic (exact) mass is 402 g/mol. The maximum atomic E-state index is 5.04. The smallest absolute Gasteiger partial charge is 0.260 e. The third-order valence-electron chi connectivity index (χ3n) is 5.02. The van der Waals surface area contributed by atoms with Gasteiger partial charge < -0.3 is 0 Å². The summed E-state index contributed by atoms with van der Waals surface area (Å²) in [6.07, 6.45) is 0. The largest absolute Gasteiger partial charge is 0.280 e. The van der Waals surface area contributed by atoms with Crippen LogP contribution in [0.2, 0.25) is 0 Å². The predicted octanol–water partition coefficient (Wildman–Crippen LogP) is 6.81. The Morgan fingerprint density at radius 1 is 0.667 bits per heavy atom. The van der Waals surface area contributed by atoms with Crippen molar-refractivity contribution < 1.29 is 0 Å². The Labute approximate surface area is 181 Å². The molecule has 1 aromatic heterocycles. The van der Waals surface area contributed by atoms with Crippen LogP contribution in [0.25, 0.3) is 11.4 Å². The molecule has 1 aliphatic heterocycles.